The Labute approximate surface area is 161 Å². The maximum atomic E-state index is 9.62. The number of nitrogens with one attached hydrogen (secondary N) is 1. The maximum absolute atomic E-state index is 9.62. The van der Waals surface area contributed by atoms with Crippen LogP contribution in [0.4, 0.5) is 5.69 Å². The molecule has 0 radical (unpaired) electrons. The van der Waals surface area contributed by atoms with Crippen LogP contribution >= 0.6 is 0 Å². The Kier molecular flexibility index (Phi) is 8.07. The van der Waals surface area contributed by atoms with E-state index in [4.69, 9.17) is 14.2 Å². The van der Waals surface area contributed by atoms with Gasteiger partial charge in [-0.2, -0.15) is 0 Å². The molecule has 0 fully saturated rings. The summed E-state index contributed by atoms with van der Waals surface area (Å²) < 4.78 is 15.8. The minimum Gasteiger partial charge on any atom is -0.504 e. The molecule has 27 heavy (non-hydrogen) atoms. The monoisotopic (exact) mass is 374 g/mol. The molecule has 0 atom stereocenters. The first-order chi connectivity index (χ1) is 13.1. The quantitative estimate of drug-likeness (QED) is 0.464. The van der Waals surface area contributed by atoms with E-state index in [2.05, 4.69) is 23.3 Å². The molecule has 148 valence electrons. The summed E-state index contributed by atoms with van der Waals surface area (Å²) in [6.45, 7) is 2.83. The molecular formula is C21H30N2O4. The van der Waals surface area contributed by atoms with E-state index >= 15 is 0 Å². The smallest absolute Gasteiger partial charge is 0.162 e. The maximum Gasteiger partial charge on any atom is 0.162 e. The van der Waals surface area contributed by atoms with E-state index in [-0.39, 0.29) is 5.75 Å². The first kappa shape index (κ1) is 20.7. The fraction of sp³-hybridized carbons (Fsp3) is 0.429. The Hall–Kier alpha value is -2.60. The van der Waals surface area contributed by atoms with Crippen LogP contribution < -0.4 is 19.5 Å². The number of anilines is 1. The van der Waals surface area contributed by atoms with E-state index in [1.165, 1.54) is 5.56 Å². The van der Waals surface area contributed by atoms with Crippen molar-refractivity contribution in [3.05, 3.63) is 42.0 Å². The molecule has 6 heteroatoms. The molecule has 0 unspecified atom stereocenters. The summed E-state index contributed by atoms with van der Waals surface area (Å²) in [6, 6.07) is 11.3. The van der Waals surface area contributed by atoms with Gasteiger partial charge in [0.15, 0.2) is 23.0 Å². The molecule has 0 aliphatic rings. The highest BCUT2D eigenvalue weighted by molar-refractivity contribution is 5.54. The van der Waals surface area contributed by atoms with Gasteiger partial charge in [-0.15, -0.1) is 0 Å². The van der Waals surface area contributed by atoms with E-state index in [0.29, 0.717) is 5.75 Å². The Bertz CT molecular complexity index is 721. The molecule has 0 aliphatic heterocycles. The van der Waals surface area contributed by atoms with Gasteiger partial charge in [-0.05, 0) is 56.3 Å². The second-order valence-corrected chi connectivity index (χ2v) is 6.41. The summed E-state index contributed by atoms with van der Waals surface area (Å²) in [5, 5.41) is 13.0. The molecule has 0 heterocycles. The summed E-state index contributed by atoms with van der Waals surface area (Å²) in [6.07, 6.45) is 1.98. The van der Waals surface area contributed by atoms with Gasteiger partial charge in [-0.3, -0.25) is 0 Å². The summed E-state index contributed by atoms with van der Waals surface area (Å²) in [5.41, 5.74) is 2.17. The van der Waals surface area contributed by atoms with Gasteiger partial charge < -0.3 is 29.5 Å². The molecule has 0 spiro atoms. The number of benzene rings is 2. The fourth-order valence-electron chi connectivity index (χ4n) is 2.84. The van der Waals surface area contributed by atoms with E-state index in [9.17, 15) is 5.11 Å². The number of methoxy groups -OCH3 is 3. The number of phenols is 1. The lowest BCUT2D eigenvalue weighted by atomic mass is 10.1. The highest BCUT2D eigenvalue weighted by atomic mass is 16.5. The third kappa shape index (κ3) is 6.25. The number of aromatic hydroxyl groups is 1. The molecule has 2 aromatic rings. The van der Waals surface area contributed by atoms with Crippen molar-refractivity contribution in [2.75, 3.05) is 53.3 Å². The van der Waals surface area contributed by atoms with Crippen LogP contribution in [0.1, 0.15) is 12.0 Å². The first-order valence-electron chi connectivity index (χ1n) is 9.07. The molecule has 6 nitrogen and oxygen atoms in total. The number of rotatable bonds is 11. The topological polar surface area (TPSA) is 63.2 Å². The Morgan fingerprint density at radius 3 is 2.33 bits per heavy atom. The van der Waals surface area contributed by atoms with Gasteiger partial charge in [-0.1, -0.05) is 6.07 Å². The molecular weight excluding hydrogens is 344 g/mol. The van der Waals surface area contributed by atoms with Crippen molar-refractivity contribution in [2.24, 2.45) is 0 Å². The number of phenolic OH excluding ortho intramolecular Hbond substituents is 1. The number of ether oxygens (including phenoxy) is 3. The Morgan fingerprint density at radius 1 is 0.889 bits per heavy atom. The minimum atomic E-state index is 0.151. The normalized spacial score (nSPS) is 10.7. The predicted molar refractivity (Wildman–Crippen MR) is 109 cm³/mol. The first-order valence-corrected chi connectivity index (χ1v) is 9.07. The van der Waals surface area contributed by atoms with Crippen LogP contribution in [0.2, 0.25) is 0 Å². The average molecular weight is 374 g/mol. The number of nitrogens with zero attached hydrogens (tertiary/aromatic N) is 1. The average Bonchev–Trinajstić information content (AvgIpc) is 2.70. The van der Waals surface area contributed by atoms with Crippen LogP contribution in [0.15, 0.2) is 36.4 Å². The van der Waals surface area contributed by atoms with E-state index in [0.717, 1.165) is 49.7 Å². The van der Waals surface area contributed by atoms with Crippen molar-refractivity contribution < 1.29 is 19.3 Å². The van der Waals surface area contributed by atoms with Gasteiger partial charge in [0.25, 0.3) is 0 Å². The summed E-state index contributed by atoms with van der Waals surface area (Å²) in [4.78, 5) is 2.32. The largest absolute Gasteiger partial charge is 0.504 e. The Morgan fingerprint density at radius 2 is 1.63 bits per heavy atom. The lowest BCUT2D eigenvalue weighted by Crippen LogP contribution is -2.24. The number of hydrogen-bond donors (Lipinski definition) is 2. The van der Waals surface area contributed by atoms with Gasteiger partial charge >= 0.3 is 0 Å². The lowest BCUT2D eigenvalue weighted by Gasteiger charge is -2.17. The van der Waals surface area contributed by atoms with Crippen molar-refractivity contribution in [3.63, 3.8) is 0 Å². The number of hydrogen-bond acceptors (Lipinski definition) is 6. The molecule has 0 aliphatic carbocycles. The fourth-order valence-corrected chi connectivity index (χ4v) is 2.84. The number of likely N-dealkylation sites (N-methyl/N-ethyl adjacent to an activating group) is 1. The SMILES string of the molecule is COc1cc(NCCCN(C)CCc2ccc(OC)c(OC)c2)ccc1O. The minimum absolute atomic E-state index is 0.151. The second-order valence-electron chi connectivity index (χ2n) is 6.41. The highest BCUT2D eigenvalue weighted by Crippen LogP contribution is 2.29. The van der Waals surface area contributed by atoms with Gasteiger partial charge in [0.2, 0.25) is 0 Å². The van der Waals surface area contributed by atoms with Crippen molar-refractivity contribution in [1.29, 1.82) is 0 Å². The zero-order valence-electron chi connectivity index (χ0n) is 16.6. The van der Waals surface area contributed by atoms with Crippen LogP contribution in [0.3, 0.4) is 0 Å². The second kappa shape index (κ2) is 10.5. The molecule has 0 saturated carbocycles. The van der Waals surface area contributed by atoms with E-state index in [1.807, 2.05) is 18.2 Å². The molecule has 0 aromatic heterocycles. The molecule has 0 amide bonds. The lowest BCUT2D eigenvalue weighted by molar-refractivity contribution is 0.335. The molecule has 2 rings (SSSR count). The van der Waals surface area contributed by atoms with Crippen molar-refractivity contribution in [3.8, 4) is 23.0 Å². The summed E-state index contributed by atoms with van der Waals surface area (Å²) in [7, 11) is 6.98. The third-order valence-corrected chi connectivity index (χ3v) is 4.46. The van der Waals surface area contributed by atoms with Crippen LogP contribution in [0.25, 0.3) is 0 Å². The van der Waals surface area contributed by atoms with Gasteiger partial charge in [0, 0.05) is 24.8 Å². The molecule has 0 saturated heterocycles. The standard InChI is InChI=1S/C21H30N2O4/c1-23(13-10-16-6-9-19(25-2)21(14-16)27-4)12-5-11-22-17-7-8-18(24)20(15-17)26-3/h6-9,14-15,22,24H,5,10-13H2,1-4H3. The summed E-state index contributed by atoms with van der Waals surface area (Å²) in [5.74, 6) is 2.16. The predicted octanol–water partition coefficient (Wildman–Crippen LogP) is 3.39. The molecule has 2 N–H and O–H groups in total. The highest BCUT2D eigenvalue weighted by Gasteiger charge is 2.06. The van der Waals surface area contributed by atoms with Gasteiger partial charge in [0.1, 0.15) is 0 Å². The Balaban J connectivity index is 1.71. The van der Waals surface area contributed by atoms with Crippen LogP contribution in [-0.4, -0.2) is 58.0 Å². The van der Waals surface area contributed by atoms with Crippen molar-refractivity contribution in [1.82, 2.24) is 4.90 Å². The van der Waals surface area contributed by atoms with Gasteiger partial charge in [0.05, 0.1) is 21.3 Å². The van der Waals surface area contributed by atoms with Crippen LogP contribution in [0, 0.1) is 0 Å². The van der Waals surface area contributed by atoms with Crippen LogP contribution in [-0.2, 0) is 6.42 Å². The summed E-state index contributed by atoms with van der Waals surface area (Å²) >= 11 is 0. The molecule has 2 aromatic carbocycles. The molecule has 0 bridgehead atoms. The van der Waals surface area contributed by atoms with E-state index in [1.54, 1.807) is 33.5 Å². The van der Waals surface area contributed by atoms with Crippen molar-refractivity contribution in [2.45, 2.75) is 12.8 Å². The van der Waals surface area contributed by atoms with Crippen molar-refractivity contribution >= 4 is 5.69 Å². The zero-order chi connectivity index (χ0) is 19.6. The van der Waals surface area contributed by atoms with Crippen LogP contribution in [0.5, 0.6) is 23.0 Å². The zero-order valence-corrected chi connectivity index (χ0v) is 16.6. The third-order valence-electron chi connectivity index (χ3n) is 4.46. The van der Waals surface area contributed by atoms with Gasteiger partial charge in [-0.25, -0.2) is 0 Å². The van der Waals surface area contributed by atoms with E-state index < -0.39 is 0 Å².